The number of carbonyl (C=O) groups excluding carboxylic acids is 2. The molecule has 2 rings (SSSR count). The van der Waals surface area contributed by atoms with Crippen LogP contribution in [0.25, 0.3) is 0 Å². The van der Waals surface area contributed by atoms with Crippen molar-refractivity contribution in [1.82, 2.24) is 10.9 Å². The molecule has 0 aromatic heterocycles. The molecule has 0 spiro atoms. The number of thiol groups is 1. The fourth-order valence-corrected chi connectivity index (χ4v) is 2.97. The highest BCUT2D eigenvalue weighted by molar-refractivity contribution is 7.81. The van der Waals surface area contributed by atoms with E-state index in [1.165, 1.54) is 0 Å². The van der Waals surface area contributed by atoms with Gasteiger partial charge in [0.2, 0.25) is 5.91 Å². The zero-order valence-corrected chi connectivity index (χ0v) is 17.9. The summed E-state index contributed by atoms with van der Waals surface area (Å²) in [7, 11) is 1.59. The van der Waals surface area contributed by atoms with Crippen molar-refractivity contribution < 1.29 is 14.3 Å². The normalized spacial score (nSPS) is 11.1. The molecule has 4 N–H and O–H groups in total. The second-order valence-electron chi connectivity index (χ2n) is 6.30. The fourth-order valence-electron chi connectivity index (χ4n) is 2.45. The van der Waals surface area contributed by atoms with E-state index in [-0.39, 0.29) is 23.7 Å². The lowest BCUT2D eigenvalue weighted by Crippen LogP contribution is -2.44. The Kier molecular flexibility index (Phi) is 8.75. The highest BCUT2D eigenvalue weighted by Gasteiger charge is 2.14. The zero-order chi connectivity index (χ0) is 21.2. The number of thiocarbonyl (C=S) groups is 1. The Labute approximate surface area is 181 Å². The molecule has 1 atom stereocenters. The maximum Gasteiger partial charge on any atom is 0.245 e. The quantitative estimate of drug-likeness (QED) is 0.144. The highest BCUT2D eigenvalue weighted by Crippen LogP contribution is 2.17. The summed E-state index contributed by atoms with van der Waals surface area (Å²) in [5.74, 6) is 0.0116. The molecule has 0 fully saturated rings. The number of hydrogen-bond donors (Lipinski definition) is 5. The molecule has 7 nitrogen and oxygen atoms in total. The Hall–Kier alpha value is -2.78. The largest absolute Gasteiger partial charge is 0.497 e. The van der Waals surface area contributed by atoms with Gasteiger partial charge in [0.15, 0.2) is 5.11 Å². The Bertz CT molecular complexity index is 859. The third-order valence-corrected chi connectivity index (χ3v) is 4.31. The molecule has 0 aliphatic heterocycles. The monoisotopic (exact) mass is 432 g/mol. The first-order chi connectivity index (χ1) is 13.9. The lowest BCUT2D eigenvalue weighted by Gasteiger charge is -2.15. The van der Waals surface area contributed by atoms with E-state index in [9.17, 15) is 9.59 Å². The molecule has 29 heavy (non-hydrogen) atoms. The van der Waals surface area contributed by atoms with E-state index in [1.54, 1.807) is 19.2 Å². The number of ketones is 1. The van der Waals surface area contributed by atoms with Gasteiger partial charge in [-0.1, -0.05) is 12.1 Å². The fraction of sp³-hybridized carbons (Fsp3) is 0.250. The van der Waals surface area contributed by atoms with Crippen LogP contribution in [0.2, 0.25) is 0 Å². The van der Waals surface area contributed by atoms with Gasteiger partial charge in [0.25, 0.3) is 0 Å². The van der Waals surface area contributed by atoms with Gasteiger partial charge in [0.05, 0.1) is 18.9 Å². The number of benzene rings is 2. The van der Waals surface area contributed by atoms with Crippen LogP contribution in [0.15, 0.2) is 48.5 Å². The first-order valence-electron chi connectivity index (χ1n) is 8.88. The summed E-state index contributed by atoms with van der Waals surface area (Å²) in [5, 5.41) is 5.85. The Morgan fingerprint density at radius 1 is 1.10 bits per heavy atom. The number of rotatable bonds is 8. The molecule has 2 aromatic rings. The van der Waals surface area contributed by atoms with Gasteiger partial charge >= 0.3 is 0 Å². The average Bonchev–Trinajstić information content (AvgIpc) is 2.66. The van der Waals surface area contributed by atoms with Crippen LogP contribution >= 0.6 is 24.8 Å². The van der Waals surface area contributed by atoms with E-state index in [4.69, 9.17) is 17.0 Å². The zero-order valence-electron chi connectivity index (χ0n) is 16.2. The van der Waals surface area contributed by atoms with Crippen LogP contribution in [-0.4, -0.2) is 29.3 Å². The summed E-state index contributed by atoms with van der Waals surface area (Å²) in [6.45, 7) is 1.97. The van der Waals surface area contributed by atoms with Crippen LogP contribution in [-0.2, 0) is 9.59 Å². The van der Waals surface area contributed by atoms with Gasteiger partial charge in [-0.05, 0) is 61.1 Å². The molecule has 2 aromatic carbocycles. The summed E-state index contributed by atoms with van der Waals surface area (Å²) in [6.07, 6.45) is -0.185. The van der Waals surface area contributed by atoms with Crippen LogP contribution in [0.4, 0.5) is 11.4 Å². The number of hydrogen-bond acceptors (Lipinski definition) is 6. The minimum Gasteiger partial charge on any atom is -0.497 e. The van der Waals surface area contributed by atoms with E-state index in [1.807, 2.05) is 43.3 Å². The van der Waals surface area contributed by atoms with E-state index < -0.39 is 11.3 Å². The smallest absolute Gasteiger partial charge is 0.245 e. The minimum absolute atomic E-state index is 0.0918. The number of carbonyl (C=O) groups is 2. The molecular formula is C20H24N4O3S2. The van der Waals surface area contributed by atoms with E-state index in [0.717, 1.165) is 22.7 Å². The van der Waals surface area contributed by atoms with Gasteiger partial charge in [-0.15, -0.1) is 0 Å². The summed E-state index contributed by atoms with van der Waals surface area (Å²) in [4.78, 5) is 24.0. The number of hydrazine groups is 1. The van der Waals surface area contributed by atoms with Crippen molar-refractivity contribution in [1.29, 1.82) is 0 Å². The highest BCUT2D eigenvalue weighted by atomic mass is 32.1. The standard InChI is InChI=1S/C20H24N4O3S2/c1-13-4-3-5-15(10-13)22-20(29)24-23-18(26)11-16(25)12-19(28)21-14-6-8-17(27-2)9-7-14/h3-10,19,21,28H,11-12H2,1-2H3,(H,23,26)(H2,22,24,29). The van der Waals surface area contributed by atoms with Crippen molar-refractivity contribution in [2.24, 2.45) is 0 Å². The van der Waals surface area contributed by atoms with Gasteiger partial charge in [-0.2, -0.15) is 12.6 Å². The molecule has 0 radical (unpaired) electrons. The topological polar surface area (TPSA) is 91.5 Å². The summed E-state index contributed by atoms with van der Waals surface area (Å²) >= 11 is 9.48. The molecule has 0 heterocycles. The van der Waals surface area contributed by atoms with Gasteiger partial charge < -0.3 is 15.4 Å². The first kappa shape index (κ1) is 22.5. The number of amides is 1. The third kappa shape index (κ3) is 8.41. The lowest BCUT2D eigenvalue weighted by molar-refractivity contribution is -0.128. The average molecular weight is 433 g/mol. The van der Waals surface area contributed by atoms with Gasteiger partial charge in [-0.25, -0.2) is 0 Å². The predicted molar refractivity (Wildman–Crippen MR) is 122 cm³/mol. The predicted octanol–water partition coefficient (Wildman–Crippen LogP) is 3.04. The number of ether oxygens (including phenoxy) is 1. The number of nitrogens with one attached hydrogen (secondary N) is 4. The second kappa shape index (κ2) is 11.3. The molecule has 9 heteroatoms. The number of methoxy groups -OCH3 is 1. The van der Waals surface area contributed by atoms with Crippen molar-refractivity contribution in [3.63, 3.8) is 0 Å². The summed E-state index contributed by atoms with van der Waals surface area (Å²) in [6, 6.07) is 14.9. The number of Topliss-reactive ketones (excluding diaryl/α,β-unsaturated/α-hetero) is 1. The van der Waals surface area contributed by atoms with Crippen LogP contribution in [0.1, 0.15) is 18.4 Å². The van der Waals surface area contributed by atoms with Crippen molar-refractivity contribution >= 4 is 53.0 Å². The first-order valence-corrected chi connectivity index (χ1v) is 9.81. The molecule has 0 saturated heterocycles. The second-order valence-corrected chi connectivity index (χ2v) is 7.34. The maximum atomic E-state index is 12.1. The van der Waals surface area contributed by atoms with Gasteiger partial charge in [0, 0.05) is 17.8 Å². The Morgan fingerprint density at radius 3 is 2.48 bits per heavy atom. The van der Waals surface area contributed by atoms with Crippen molar-refractivity contribution in [3.05, 3.63) is 54.1 Å². The molecule has 1 unspecified atom stereocenters. The van der Waals surface area contributed by atoms with Crippen molar-refractivity contribution in [2.45, 2.75) is 25.1 Å². The minimum atomic E-state index is -0.478. The Morgan fingerprint density at radius 2 is 1.83 bits per heavy atom. The molecular weight excluding hydrogens is 408 g/mol. The SMILES string of the molecule is COc1ccc(NC(S)CC(=O)CC(=O)NNC(=S)Nc2cccc(C)c2)cc1. The maximum absolute atomic E-state index is 12.1. The van der Waals surface area contributed by atoms with Crippen LogP contribution in [0.5, 0.6) is 5.75 Å². The lowest BCUT2D eigenvalue weighted by atomic mass is 10.2. The Balaban J connectivity index is 1.69. The molecule has 1 amide bonds. The van der Waals surface area contributed by atoms with Crippen molar-refractivity contribution in [2.75, 3.05) is 17.7 Å². The van der Waals surface area contributed by atoms with Crippen LogP contribution < -0.4 is 26.2 Å². The van der Waals surface area contributed by atoms with Crippen LogP contribution in [0, 0.1) is 6.92 Å². The number of aryl methyl sites for hydroxylation is 1. The van der Waals surface area contributed by atoms with Gasteiger partial charge in [0.1, 0.15) is 11.5 Å². The number of anilines is 2. The summed E-state index contributed by atoms with van der Waals surface area (Å²) < 4.78 is 5.10. The van der Waals surface area contributed by atoms with Crippen molar-refractivity contribution in [3.8, 4) is 5.75 Å². The molecule has 0 saturated carbocycles. The summed E-state index contributed by atoms with van der Waals surface area (Å²) in [5.41, 5.74) is 7.68. The molecule has 0 aliphatic rings. The molecule has 154 valence electrons. The molecule has 0 bridgehead atoms. The van der Waals surface area contributed by atoms with Gasteiger partial charge in [-0.3, -0.25) is 20.4 Å². The van der Waals surface area contributed by atoms with E-state index >= 15 is 0 Å². The van der Waals surface area contributed by atoms with Crippen LogP contribution in [0.3, 0.4) is 0 Å². The molecule has 0 aliphatic carbocycles. The van der Waals surface area contributed by atoms with E-state index in [2.05, 4.69) is 34.1 Å². The third-order valence-electron chi connectivity index (χ3n) is 3.79. The van der Waals surface area contributed by atoms with E-state index in [0.29, 0.717) is 0 Å².